The number of halogens is 2. The van der Waals surface area contributed by atoms with E-state index in [1.807, 2.05) is 0 Å². The Labute approximate surface area is 209 Å². The fraction of sp³-hybridized carbons (Fsp3) is 0.440. The van der Waals surface area contributed by atoms with E-state index in [0.29, 0.717) is 68.8 Å². The molecule has 1 N–H and O–H groups in total. The van der Waals surface area contributed by atoms with Crippen LogP contribution in [-0.2, 0) is 9.47 Å². The number of nitrogens with one attached hydrogen (secondary N) is 1. The maximum atomic E-state index is 13.4. The lowest BCUT2D eigenvalue weighted by atomic mass is 10.1. The molecule has 2 aromatic rings. The SMILES string of the molecule is O=C(Nc1cccc(Cl)c1)N1CCO[C@H](CN(CCN2CCOCC2)C(=O)c2ccc(F)cc2)C1. The van der Waals surface area contributed by atoms with Gasteiger partial charge in [0.2, 0.25) is 0 Å². The molecule has 10 heteroatoms. The molecular weight excluding hydrogens is 475 g/mol. The minimum Gasteiger partial charge on any atom is -0.379 e. The van der Waals surface area contributed by atoms with Crippen LogP contribution < -0.4 is 5.32 Å². The molecule has 0 unspecified atom stereocenters. The van der Waals surface area contributed by atoms with E-state index < -0.39 is 5.82 Å². The zero-order valence-corrected chi connectivity index (χ0v) is 20.3. The first kappa shape index (κ1) is 25.4. The van der Waals surface area contributed by atoms with Gasteiger partial charge in [0.1, 0.15) is 5.82 Å². The van der Waals surface area contributed by atoms with Crippen molar-refractivity contribution in [2.45, 2.75) is 6.10 Å². The maximum Gasteiger partial charge on any atom is 0.322 e. The zero-order valence-electron chi connectivity index (χ0n) is 19.5. The second kappa shape index (κ2) is 12.3. The number of nitrogens with zero attached hydrogens (tertiary/aromatic N) is 3. The molecule has 4 rings (SSSR count). The first-order valence-corrected chi connectivity index (χ1v) is 12.1. The molecule has 188 valence electrons. The van der Waals surface area contributed by atoms with Gasteiger partial charge in [0.05, 0.1) is 32.5 Å². The molecule has 0 saturated carbocycles. The average molecular weight is 505 g/mol. The number of carbonyl (C=O) groups excluding carboxylic acids is 2. The lowest BCUT2D eigenvalue weighted by Crippen LogP contribution is -2.52. The molecule has 2 aromatic carbocycles. The molecular formula is C25H30ClFN4O4. The largest absolute Gasteiger partial charge is 0.379 e. The van der Waals surface area contributed by atoms with Crippen LogP contribution in [-0.4, -0.2) is 98.4 Å². The van der Waals surface area contributed by atoms with E-state index in [1.165, 1.54) is 24.3 Å². The van der Waals surface area contributed by atoms with Crippen molar-refractivity contribution >= 4 is 29.2 Å². The van der Waals surface area contributed by atoms with Crippen molar-refractivity contribution in [3.8, 4) is 0 Å². The van der Waals surface area contributed by atoms with Gasteiger partial charge in [-0.1, -0.05) is 17.7 Å². The van der Waals surface area contributed by atoms with Crippen LogP contribution in [0.4, 0.5) is 14.9 Å². The van der Waals surface area contributed by atoms with Crippen LogP contribution >= 0.6 is 11.6 Å². The Bertz CT molecular complexity index is 1000. The zero-order chi connectivity index (χ0) is 24.6. The molecule has 0 bridgehead atoms. The molecule has 0 spiro atoms. The van der Waals surface area contributed by atoms with Crippen LogP contribution in [0.15, 0.2) is 48.5 Å². The van der Waals surface area contributed by atoms with Crippen molar-refractivity contribution in [3.05, 3.63) is 64.9 Å². The summed E-state index contributed by atoms with van der Waals surface area (Å²) in [5, 5.41) is 3.40. The van der Waals surface area contributed by atoms with E-state index in [1.54, 1.807) is 34.1 Å². The smallest absolute Gasteiger partial charge is 0.322 e. The number of hydrogen-bond acceptors (Lipinski definition) is 5. The highest BCUT2D eigenvalue weighted by Gasteiger charge is 2.28. The molecule has 0 aromatic heterocycles. The van der Waals surface area contributed by atoms with Crippen LogP contribution in [0.1, 0.15) is 10.4 Å². The van der Waals surface area contributed by atoms with E-state index >= 15 is 0 Å². The fourth-order valence-electron chi connectivity index (χ4n) is 4.17. The van der Waals surface area contributed by atoms with Crippen LogP contribution in [0.25, 0.3) is 0 Å². The predicted molar refractivity (Wildman–Crippen MR) is 131 cm³/mol. The summed E-state index contributed by atoms with van der Waals surface area (Å²) in [6.45, 7) is 5.65. The van der Waals surface area contributed by atoms with Crippen LogP contribution in [0.5, 0.6) is 0 Å². The Hall–Kier alpha value is -2.72. The number of carbonyl (C=O) groups is 2. The Kier molecular flexibility index (Phi) is 8.92. The highest BCUT2D eigenvalue weighted by Crippen LogP contribution is 2.17. The number of amides is 3. The van der Waals surface area contributed by atoms with Gasteiger partial charge in [0.25, 0.3) is 5.91 Å². The van der Waals surface area contributed by atoms with Gasteiger partial charge in [-0.25, -0.2) is 9.18 Å². The van der Waals surface area contributed by atoms with Gasteiger partial charge in [-0.3, -0.25) is 9.69 Å². The molecule has 2 fully saturated rings. The van der Waals surface area contributed by atoms with Crippen molar-refractivity contribution < 1.29 is 23.5 Å². The summed E-state index contributed by atoms with van der Waals surface area (Å²) in [7, 11) is 0. The molecule has 8 nitrogen and oxygen atoms in total. The number of ether oxygens (including phenoxy) is 2. The monoisotopic (exact) mass is 504 g/mol. The van der Waals surface area contributed by atoms with E-state index in [9.17, 15) is 14.0 Å². The first-order chi connectivity index (χ1) is 17.0. The summed E-state index contributed by atoms with van der Waals surface area (Å²) in [5.74, 6) is -0.583. The number of urea groups is 1. The third kappa shape index (κ3) is 7.38. The van der Waals surface area contributed by atoms with Gasteiger partial charge in [0, 0.05) is 55.5 Å². The van der Waals surface area contributed by atoms with Crippen molar-refractivity contribution in [1.29, 1.82) is 0 Å². The lowest BCUT2D eigenvalue weighted by Gasteiger charge is -2.36. The summed E-state index contributed by atoms with van der Waals surface area (Å²) in [6, 6.07) is 12.3. The molecule has 2 aliphatic rings. The van der Waals surface area contributed by atoms with Crippen LogP contribution in [0.2, 0.25) is 5.02 Å². The van der Waals surface area contributed by atoms with Crippen molar-refractivity contribution in [3.63, 3.8) is 0 Å². The van der Waals surface area contributed by atoms with Gasteiger partial charge >= 0.3 is 6.03 Å². The number of anilines is 1. The topological polar surface area (TPSA) is 74.4 Å². The number of rotatable bonds is 7. The third-order valence-electron chi connectivity index (χ3n) is 6.09. The van der Waals surface area contributed by atoms with Gasteiger partial charge in [-0.05, 0) is 42.5 Å². The highest BCUT2D eigenvalue weighted by atomic mass is 35.5. The average Bonchev–Trinajstić information content (AvgIpc) is 2.87. The first-order valence-electron chi connectivity index (χ1n) is 11.8. The van der Waals surface area contributed by atoms with Crippen LogP contribution in [0, 0.1) is 5.82 Å². The molecule has 1 atom stereocenters. The highest BCUT2D eigenvalue weighted by molar-refractivity contribution is 6.30. The molecule has 3 amide bonds. The van der Waals surface area contributed by atoms with Crippen molar-refractivity contribution in [2.75, 3.05) is 71.0 Å². The van der Waals surface area contributed by atoms with E-state index in [0.717, 1.165) is 13.1 Å². The standard InChI is InChI=1S/C25H30ClFN4O4/c26-20-2-1-3-22(16-20)28-25(33)31-12-15-35-23(18-31)17-30(9-8-29-10-13-34-14-11-29)24(32)19-4-6-21(27)7-5-19/h1-7,16,23H,8-15,17-18H2,(H,28,33)/t23-/m1/s1. The second-order valence-electron chi connectivity index (χ2n) is 8.59. The van der Waals surface area contributed by atoms with Crippen molar-refractivity contribution in [2.24, 2.45) is 0 Å². The quantitative estimate of drug-likeness (QED) is 0.627. The molecule has 0 radical (unpaired) electrons. The molecule has 35 heavy (non-hydrogen) atoms. The summed E-state index contributed by atoms with van der Waals surface area (Å²) in [5.41, 5.74) is 1.03. The summed E-state index contributed by atoms with van der Waals surface area (Å²) in [6.07, 6.45) is -0.344. The molecule has 2 saturated heterocycles. The normalized spacial score (nSPS) is 18.8. The predicted octanol–water partition coefficient (Wildman–Crippen LogP) is 3.19. The van der Waals surface area contributed by atoms with E-state index in [-0.39, 0.29) is 18.0 Å². The number of morpholine rings is 2. The summed E-state index contributed by atoms with van der Waals surface area (Å²) in [4.78, 5) is 31.8. The summed E-state index contributed by atoms with van der Waals surface area (Å²) >= 11 is 6.02. The molecule has 0 aliphatic carbocycles. The summed E-state index contributed by atoms with van der Waals surface area (Å²) < 4.78 is 24.7. The van der Waals surface area contributed by atoms with E-state index in [2.05, 4.69) is 10.2 Å². The van der Waals surface area contributed by atoms with E-state index in [4.69, 9.17) is 21.1 Å². The molecule has 2 heterocycles. The number of benzene rings is 2. The van der Waals surface area contributed by atoms with Gasteiger partial charge in [-0.2, -0.15) is 0 Å². The minimum absolute atomic E-state index is 0.192. The van der Waals surface area contributed by atoms with Crippen LogP contribution in [0.3, 0.4) is 0 Å². The lowest BCUT2D eigenvalue weighted by molar-refractivity contribution is -0.0282. The number of hydrogen-bond donors (Lipinski definition) is 1. The van der Waals surface area contributed by atoms with Gasteiger partial charge in [0.15, 0.2) is 0 Å². The van der Waals surface area contributed by atoms with Gasteiger partial charge < -0.3 is 24.6 Å². The fourth-order valence-corrected chi connectivity index (χ4v) is 4.36. The third-order valence-corrected chi connectivity index (χ3v) is 6.33. The van der Waals surface area contributed by atoms with Crippen molar-refractivity contribution in [1.82, 2.24) is 14.7 Å². The molecule has 2 aliphatic heterocycles. The Morgan fingerprint density at radius 2 is 1.86 bits per heavy atom. The maximum absolute atomic E-state index is 13.4. The Morgan fingerprint density at radius 3 is 2.60 bits per heavy atom. The Morgan fingerprint density at radius 1 is 1.09 bits per heavy atom. The minimum atomic E-state index is -0.390. The Balaban J connectivity index is 1.40. The van der Waals surface area contributed by atoms with Gasteiger partial charge in [-0.15, -0.1) is 0 Å². The second-order valence-corrected chi connectivity index (χ2v) is 9.03.